The smallest absolute Gasteiger partial charge is 0.475 e. The zero-order chi connectivity index (χ0) is 23.1. The maximum atomic E-state index is 12.2. The quantitative estimate of drug-likeness (QED) is 0.720. The largest absolute Gasteiger partial charge is 0.490 e. The van der Waals surface area contributed by atoms with E-state index in [1.165, 1.54) is 0 Å². The number of pyridine rings is 1. The zero-order valence-electron chi connectivity index (χ0n) is 17.7. The number of halogens is 3. The zero-order valence-corrected chi connectivity index (χ0v) is 17.7. The van der Waals surface area contributed by atoms with Crippen LogP contribution in [0, 0.1) is 5.92 Å². The molecule has 3 rings (SSSR count). The van der Waals surface area contributed by atoms with Gasteiger partial charge in [0.05, 0.1) is 31.5 Å². The molecule has 7 nitrogen and oxygen atoms in total. The third-order valence-corrected chi connectivity index (χ3v) is 5.13. The van der Waals surface area contributed by atoms with Crippen molar-refractivity contribution in [1.29, 1.82) is 0 Å². The number of aromatic nitrogens is 1. The van der Waals surface area contributed by atoms with Gasteiger partial charge in [-0.3, -0.25) is 9.78 Å². The molecule has 174 valence electrons. The average Bonchev–Trinajstić information content (AvgIpc) is 2.69. The summed E-state index contributed by atoms with van der Waals surface area (Å²) in [7, 11) is 0. The highest BCUT2D eigenvalue weighted by Gasteiger charge is 2.49. The molecule has 0 aliphatic carbocycles. The number of carbonyl (C=O) groups excluding carboxylic acids is 1. The van der Waals surface area contributed by atoms with Crippen molar-refractivity contribution in [3.05, 3.63) is 30.1 Å². The number of alkyl halides is 3. The lowest BCUT2D eigenvalue weighted by Gasteiger charge is -2.53. The lowest BCUT2D eigenvalue weighted by molar-refractivity contribution is -0.202. The SMILES string of the molecule is CC(C)CCC(=O)N1CC2(CC(OCc3ccccn3)CCO2)C1.O=C(O)C(F)(F)F. The predicted molar refractivity (Wildman–Crippen MR) is 105 cm³/mol. The first-order chi connectivity index (χ1) is 14.5. The normalized spacial score (nSPS) is 20.1. The van der Waals surface area contributed by atoms with Gasteiger partial charge in [0.1, 0.15) is 5.60 Å². The van der Waals surface area contributed by atoms with Gasteiger partial charge >= 0.3 is 12.1 Å². The van der Waals surface area contributed by atoms with Crippen molar-refractivity contribution in [3.8, 4) is 0 Å². The number of carbonyl (C=O) groups is 2. The van der Waals surface area contributed by atoms with Crippen molar-refractivity contribution in [2.45, 2.75) is 64.0 Å². The molecule has 1 N–H and O–H groups in total. The van der Waals surface area contributed by atoms with Crippen LogP contribution in [0.5, 0.6) is 0 Å². The van der Waals surface area contributed by atoms with Gasteiger partial charge in [-0.25, -0.2) is 4.79 Å². The van der Waals surface area contributed by atoms with E-state index in [1.54, 1.807) is 6.20 Å². The van der Waals surface area contributed by atoms with Crippen LogP contribution in [0.2, 0.25) is 0 Å². The minimum Gasteiger partial charge on any atom is -0.475 e. The van der Waals surface area contributed by atoms with Crippen molar-refractivity contribution in [2.75, 3.05) is 19.7 Å². The minimum atomic E-state index is -5.08. The maximum Gasteiger partial charge on any atom is 0.490 e. The van der Waals surface area contributed by atoms with E-state index in [2.05, 4.69) is 18.8 Å². The van der Waals surface area contributed by atoms with Crippen LogP contribution in [-0.4, -0.2) is 64.4 Å². The van der Waals surface area contributed by atoms with Gasteiger partial charge < -0.3 is 19.5 Å². The van der Waals surface area contributed by atoms with Crippen molar-refractivity contribution in [2.24, 2.45) is 5.92 Å². The van der Waals surface area contributed by atoms with E-state index in [0.717, 1.165) is 25.0 Å². The summed E-state index contributed by atoms with van der Waals surface area (Å²) in [5, 5.41) is 7.12. The number of hydrogen-bond donors (Lipinski definition) is 1. The van der Waals surface area contributed by atoms with Crippen LogP contribution >= 0.6 is 0 Å². The van der Waals surface area contributed by atoms with Crippen molar-refractivity contribution < 1.29 is 37.3 Å². The van der Waals surface area contributed by atoms with Crippen LogP contribution in [0.4, 0.5) is 13.2 Å². The van der Waals surface area contributed by atoms with Crippen LogP contribution in [-0.2, 0) is 25.7 Å². The van der Waals surface area contributed by atoms with E-state index < -0.39 is 12.1 Å². The molecule has 0 bridgehead atoms. The predicted octanol–water partition coefficient (Wildman–Crippen LogP) is 3.43. The molecule has 3 heterocycles. The molecule has 1 unspecified atom stereocenters. The highest BCUT2D eigenvalue weighted by atomic mass is 19.4. The summed E-state index contributed by atoms with van der Waals surface area (Å²) in [4.78, 5) is 27.3. The number of rotatable bonds is 6. The van der Waals surface area contributed by atoms with E-state index in [1.807, 2.05) is 23.1 Å². The first kappa shape index (κ1) is 25.1. The first-order valence-electron chi connectivity index (χ1n) is 10.2. The maximum absolute atomic E-state index is 12.2. The molecule has 0 saturated carbocycles. The van der Waals surface area contributed by atoms with Crippen LogP contribution in [0.25, 0.3) is 0 Å². The monoisotopic (exact) mass is 446 g/mol. The molecule has 2 aliphatic heterocycles. The number of hydrogen-bond acceptors (Lipinski definition) is 5. The number of ether oxygens (including phenoxy) is 2. The highest BCUT2D eigenvalue weighted by Crippen LogP contribution is 2.36. The van der Waals surface area contributed by atoms with Gasteiger partial charge in [0.2, 0.25) is 5.91 Å². The van der Waals surface area contributed by atoms with Crippen LogP contribution in [0.15, 0.2) is 24.4 Å². The molecular formula is C21H29F3N2O5. The second-order valence-corrected chi connectivity index (χ2v) is 8.26. The van der Waals surface area contributed by atoms with E-state index in [4.69, 9.17) is 19.4 Å². The topological polar surface area (TPSA) is 89.0 Å². The van der Waals surface area contributed by atoms with Crippen LogP contribution in [0.1, 0.15) is 45.2 Å². The fourth-order valence-corrected chi connectivity index (χ4v) is 3.43. The van der Waals surface area contributed by atoms with Gasteiger partial charge in [-0.2, -0.15) is 13.2 Å². The Morgan fingerprint density at radius 2 is 2.03 bits per heavy atom. The van der Waals surface area contributed by atoms with Gasteiger partial charge in [0, 0.05) is 25.6 Å². The van der Waals surface area contributed by atoms with Crippen LogP contribution < -0.4 is 0 Å². The molecule has 1 aromatic rings. The molecule has 1 atom stereocenters. The Labute approximate surface area is 179 Å². The average molecular weight is 446 g/mol. The van der Waals surface area contributed by atoms with Gasteiger partial charge in [0.25, 0.3) is 0 Å². The molecule has 0 aromatic carbocycles. The summed E-state index contributed by atoms with van der Waals surface area (Å²) in [5.74, 6) is -1.93. The lowest BCUT2D eigenvalue weighted by atomic mass is 9.84. The lowest BCUT2D eigenvalue weighted by Crippen LogP contribution is -2.67. The molecule has 10 heteroatoms. The Morgan fingerprint density at radius 1 is 1.35 bits per heavy atom. The summed E-state index contributed by atoms with van der Waals surface area (Å²) in [6.45, 7) is 6.98. The Hall–Kier alpha value is -2.20. The first-order valence-corrected chi connectivity index (χ1v) is 10.2. The van der Waals surface area contributed by atoms with Crippen molar-refractivity contribution in [1.82, 2.24) is 9.88 Å². The van der Waals surface area contributed by atoms with Gasteiger partial charge in [-0.15, -0.1) is 0 Å². The summed E-state index contributed by atoms with van der Waals surface area (Å²) < 4.78 is 43.8. The van der Waals surface area contributed by atoms with E-state index >= 15 is 0 Å². The highest BCUT2D eigenvalue weighted by molar-refractivity contribution is 5.77. The summed E-state index contributed by atoms with van der Waals surface area (Å²) >= 11 is 0. The summed E-state index contributed by atoms with van der Waals surface area (Å²) in [6.07, 6.45) is 0.279. The third-order valence-electron chi connectivity index (χ3n) is 5.13. The van der Waals surface area contributed by atoms with Gasteiger partial charge in [-0.05, 0) is 30.9 Å². The third kappa shape index (κ3) is 8.10. The molecule has 2 aliphatic rings. The summed E-state index contributed by atoms with van der Waals surface area (Å²) in [6, 6.07) is 5.86. The molecule has 1 amide bonds. The number of aliphatic carboxylic acids is 1. The molecular weight excluding hydrogens is 417 g/mol. The number of amides is 1. The fourth-order valence-electron chi connectivity index (χ4n) is 3.43. The fraction of sp³-hybridized carbons (Fsp3) is 0.667. The van der Waals surface area contributed by atoms with Crippen LogP contribution in [0.3, 0.4) is 0 Å². The molecule has 1 aromatic heterocycles. The minimum absolute atomic E-state index is 0.180. The van der Waals surface area contributed by atoms with Gasteiger partial charge in [0.15, 0.2) is 0 Å². The second kappa shape index (κ2) is 10.9. The Balaban J connectivity index is 0.000000423. The molecule has 2 saturated heterocycles. The number of carboxylic acid groups (broad SMARTS) is 1. The van der Waals surface area contributed by atoms with Crippen molar-refractivity contribution in [3.63, 3.8) is 0 Å². The summed E-state index contributed by atoms with van der Waals surface area (Å²) in [5.41, 5.74) is 0.776. The Kier molecular flexibility index (Phi) is 8.81. The molecule has 1 spiro atoms. The Morgan fingerprint density at radius 3 is 2.58 bits per heavy atom. The van der Waals surface area contributed by atoms with E-state index in [-0.39, 0.29) is 17.6 Å². The standard InChI is InChI=1S/C19H28N2O3.C2HF3O2/c1-15(2)6-7-18(22)21-13-19(14-21)11-17(8-10-24-19)23-12-16-5-3-4-9-20-16;3-2(4,5)1(6)7/h3-5,9,15,17H,6-8,10-14H2,1-2H3;(H,6,7). The van der Waals surface area contributed by atoms with Crippen molar-refractivity contribution >= 4 is 11.9 Å². The number of likely N-dealkylation sites (tertiary alicyclic amines) is 1. The molecule has 0 radical (unpaired) electrons. The number of nitrogens with zero attached hydrogens (tertiary/aromatic N) is 2. The van der Waals surface area contributed by atoms with E-state index in [0.29, 0.717) is 38.6 Å². The van der Waals surface area contributed by atoms with Gasteiger partial charge in [-0.1, -0.05) is 19.9 Å². The molecule has 31 heavy (non-hydrogen) atoms. The molecule has 2 fully saturated rings. The second-order valence-electron chi connectivity index (χ2n) is 8.26. The van der Waals surface area contributed by atoms with E-state index in [9.17, 15) is 18.0 Å². The Bertz CT molecular complexity index is 721. The number of carboxylic acids is 1.